The fourth-order valence-corrected chi connectivity index (χ4v) is 1.81. The molecule has 14 heavy (non-hydrogen) atoms. The Morgan fingerprint density at radius 1 is 1.14 bits per heavy atom. The predicted octanol–water partition coefficient (Wildman–Crippen LogP) is 2.72. The molecule has 1 aliphatic heterocycles. The topological polar surface area (TPSA) is 15.3 Å². The van der Waals surface area contributed by atoms with Gasteiger partial charge in [-0.15, -0.1) is 0 Å². The number of hydrogen-bond acceptors (Lipinski definition) is 2. The molecular formula is C12H24N2. The van der Waals surface area contributed by atoms with Gasteiger partial charge in [0, 0.05) is 32.0 Å². The van der Waals surface area contributed by atoms with Gasteiger partial charge >= 0.3 is 0 Å². The first kappa shape index (κ1) is 11.4. The summed E-state index contributed by atoms with van der Waals surface area (Å²) in [6, 6.07) is 0. The second kappa shape index (κ2) is 7.72. The average Bonchev–Trinajstić information content (AvgIpc) is 2.25. The van der Waals surface area contributed by atoms with E-state index in [1.165, 1.54) is 51.6 Å². The molecule has 1 N–H and O–H groups in total. The Bertz CT molecular complexity index is 154. The SMILES string of the molecule is CCCCCCCCN1C=CNCC1. The van der Waals surface area contributed by atoms with Crippen LogP contribution in [0.5, 0.6) is 0 Å². The van der Waals surface area contributed by atoms with Gasteiger partial charge in [0.15, 0.2) is 0 Å². The molecule has 0 bridgehead atoms. The highest BCUT2D eigenvalue weighted by atomic mass is 15.1. The summed E-state index contributed by atoms with van der Waals surface area (Å²) in [6.45, 7) is 5.79. The quantitative estimate of drug-likeness (QED) is 0.630. The van der Waals surface area contributed by atoms with Gasteiger partial charge in [0.05, 0.1) is 0 Å². The van der Waals surface area contributed by atoms with Crippen LogP contribution < -0.4 is 5.32 Å². The second-order valence-corrected chi connectivity index (χ2v) is 4.07. The van der Waals surface area contributed by atoms with Crippen LogP contribution in [-0.4, -0.2) is 24.5 Å². The Hall–Kier alpha value is -0.660. The molecule has 0 aromatic rings. The lowest BCUT2D eigenvalue weighted by Gasteiger charge is -2.23. The Morgan fingerprint density at radius 3 is 2.64 bits per heavy atom. The first-order valence-corrected chi connectivity index (χ1v) is 6.07. The van der Waals surface area contributed by atoms with Crippen LogP contribution in [0.4, 0.5) is 0 Å². The molecular weight excluding hydrogens is 172 g/mol. The van der Waals surface area contributed by atoms with Gasteiger partial charge in [-0.2, -0.15) is 0 Å². The van der Waals surface area contributed by atoms with Crippen LogP contribution >= 0.6 is 0 Å². The molecule has 2 nitrogen and oxygen atoms in total. The number of nitrogens with one attached hydrogen (secondary N) is 1. The maximum absolute atomic E-state index is 3.21. The smallest absolute Gasteiger partial charge is 0.0346 e. The molecule has 0 amide bonds. The molecule has 1 rings (SSSR count). The number of nitrogens with zero attached hydrogens (tertiary/aromatic N) is 1. The monoisotopic (exact) mass is 196 g/mol. The molecule has 2 heteroatoms. The van der Waals surface area contributed by atoms with Crippen molar-refractivity contribution < 1.29 is 0 Å². The summed E-state index contributed by atoms with van der Waals surface area (Å²) in [5.74, 6) is 0. The zero-order valence-electron chi connectivity index (χ0n) is 9.47. The van der Waals surface area contributed by atoms with Crippen LogP contribution in [0.2, 0.25) is 0 Å². The maximum atomic E-state index is 3.21. The minimum Gasteiger partial charge on any atom is -0.388 e. The van der Waals surface area contributed by atoms with Crippen molar-refractivity contribution in [2.45, 2.75) is 45.4 Å². The summed E-state index contributed by atoms with van der Waals surface area (Å²) in [4.78, 5) is 2.41. The maximum Gasteiger partial charge on any atom is 0.0346 e. The third-order valence-electron chi connectivity index (χ3n) is 2.75. The van der Waals surface area contributed by atoms with E-state index in [0.717, 1.165) is 6.54 Å². The van der Waals surface area contributed by atoms with Crippen molar-refractivity contribution >= 4 is 0 Å². The molecule has 82 valence electrons. The highest BCUT2D eigenvalue weighted by Gasteiger charge is 2.01. The zero-order chi connectivity index (χ0) is 10.1. The van der Waals surface area contributed by atoms with Crippen LogP contribution in [-0.2, 0) is 0 Å². The van der Waals surface area contributed by atoms with Gasteiger partial charge in [-0.25, -0.2) is 0 Å². The minimum absolute atomic E-state index is 1.10. The highest BCUT2D eigenvalue weighted by molar-refractivity contribution is 4.85. The summed E-state index contributed by atoms with van der Waals surface area (Å²) in [6.07, 6.45) is 12.6. The molecule has 0 aromatic heterocycles. The zero-order valence-corrected chi connectivity index (χ0v) is 9.47. The lowest BCUT2D eigenvalue weighted by Crippen LogP contribution is -2.31. The predicted molar refractivity (Wildman–Crippen MR) is 62.1 cm³/mol. The fourth-order valence-electron chi connectivity index (χ4n) is 1.81. The van der Waals surface area contributed by atoms with Gasteiger partial charge in [0.2, 0.25) is 0 Å². The number of hydrogen-bond donors (Lipinski definition) is 1. The van der Waals surface area contributed by atoms with Crippen LogP contribution in [0.25, 0.3) is 0 Å². The molecule has 1 heterocycles. The normalized spacial score (nSPS) is 15.6. The van der Waals surface area contributed by atoms with Gasteiger partial charge in [-0.3, -0.25) is 0 Å². The Kier molecular flexibility index (Phi) is 6.29. The molecule has 0 unspecified atom stereocenters. The molecule has 0 aliphatic carbocycles. The molecule has 0 saturated carbocycles. The minimum atomic E-state index is 1.10. The van der Waals surface area contributed by atoms with E-state index >= 15 is 0 Å². The fraction of sp³-hybridized carbons (Fsp3) is 0.833. The van der Waals surface area contributed by atoms with Gasteiger partial charge in [0.1, 0.15) is 0 Å². The standard InChI is InChI=1S/C12H24N2/c1-2-3-4-5-6-7-10-14-11-8-13-9-12-14/h8,11,13H,2-7,9-10,12H2,1H3. The van der Waals surface area contributed by atoms with Crippen LogP contribution in [0.1, 0.15) is 45.4 Å². The van der Waals surface area contributed by atoms with Gasteiger partial charge < -0.3 is 10.2 Å². The number of rotatable bonds is 7. The van der Waals surface area contributed by atoms with Crippen molar-refractivity contribution in [2.75, 3.05) is 19.6 Å². The van der Waals surface area contributed by atoms with E-state index < -0.39 is 0 Å². The molecule has 0 atom stereocenters. The molecule has 1 aliphatic rings. The Morgan fingerprint density at radius 2 is 1.93 bits per heavy atom. The van der Waals surface area contributed by atoms with E-state index in [-0.39, 0.29) is 0 Å². The summed E-state index contributed by atoms with van der Waals surface area (Å²) < 4.78 is 0. The van der Waals surface area contributed by atoms with Crippen molar-refractivity contribution in [3.05, 3.63) is 12.4 Å². The number of unbranched alkanes of at least 4 members (excludes halogenated alkanes) is 5. The Balaban J connectivity index is 1.88. The van der Waals surface area contributed by atoms with Crippen LogP contribution in [0.3, 0.4) is 0 Å². The molecule has 0 spiro atoms. The van der Waals surface area contributed by atoms with Crippen molar-refractivity contribution in [2.24, 2.45) is 0 Å². The van der Waals surface area contributed by atoms with Gasteiger partial charge in [0.25, 0.3) is 0 Å². The van der Waals surface area contributed by atoms with Gasteiger partial charge in [-0.05, 0) is 6.42 Å². The van der Waals surface area contributed by atoms with E-state index in [0.29, 0.717) is 0 Å². The largest absolute Gasteiger partial charge is 0.388 e. The lowest BCUT2D eigenvalue weighted by molar-refractivity contribution is 0.348. The highest BCUT2D eigenvalue weighted by Crippen LogP contribution is 2.06. The van der Waals surface area contributed by atoms with E-state index in [1.807, 2.05) is 0 Å². The first-order chi connectivity index (χ1) is 6.93. The molecule has 0 radical (unpaired) electrons. The average molecular weight is 196 g/mol. The van der Waals surface area contributed by atoms with Crippen molar-refractivity contribution in [3.63, 3.8) is 0 Å². The van der Waals surface area contributed by atoms with E-state index in [4.69, 9.17) is 0 Å². The Labute approximate surface area is 88.4 Å². The van der Waals surface area contributed by atoms with Crippen molar-refractivity contribution in [3.8, 4) is 0 Å². The lowest BCUT2D eigenvalue weighted by atomic mass is 10.1. The van der Waals surface area contributed by atoms with Gasteiger partial charge in [-0.1, -0.05) is 39.0 Å². The summed E-state index contributed by atoms with van der Waals surface area (Å²) in [7, 11) is 0. The molecule has 0 aromatic carbocycles. The van der Waals surface area contributed by atoms with E-state index in [9.17, 15) is 0 Å². The molecule has 0 fully saturated rings. The summed E-state index contributed by atoms with van der Waals surface area (Å²) in [5, 5.41) is 3.21. The van der Waals surface area contributed by atoms with Crippen LogP contribution in [0, 0.1) is 0 Å². The summed E-state index contributed by atoms with van der Waals surface area (Å²) >= 11 is 0. The third-order valence-corrected chi connectivity index (χ3v) is 2.75. The van der Waals surface area contributed by atoms with Crippen LogP contribution in [0.15, 0.2) is 12.4 Å². The van der Waals surface area contributed by atoms with E-state index in [1.54, 1.807) is 0 Å². The van der Waals surface area contributed by atoms with Crippen molar-refractivity contribution in [1.29, 1.82) is 0 Å². The second-order valence-electron chi connectivity index (χ2n) is 4.07. The van der Waals surface area contributed by atoms with E-state index in [2.05, 4.69) is 29.5 Å². The third kappa shape index (κ3) is 5.15. The first-order valence-electron chi connectivity index (χ1n) is 6.07. The summed E-state index contributed by atoms with van der Waals surface area (Å²) in [5.41, 5.74) is 0. The van der Waals surface area contributed by atoms with Crippen molar-refractivity contribution in [1.82, 2.24) is 10.2 Å². The molecule has 0 saturated heterocycles.